The van der Waals surface area contributed by atoms with Crippen LogP contribution in [-0.2, 0) is 90.2 Å². The molecule has 3 aliphatic rings. The lowest BCUT2D eigenvalue weighted by atomic mass is 10.0. The Morgan fingerprint density at radius 1 is 0.705 bits per heavy atom. The van der Waals surface area contributed by atoms with Crippen LogP contribution in [0.2, 0.25) is 0 Å². The highest BCUT2D eigenvalue weighted by Crippen LogP contribution is 2.33. The van der Waals surface area contributed by atoms with Crippen LogP contribution in [0, 0.1) is 0 Å². The fourth-order valence-electron chi connectivity index (χ4n) is 11.1. The number of para-hydroxylation sites is 1. The largest absolute Gasteiger partial charge is 0.394 e. The maximum atomic E-state index is 14.7. The van der Waals surface area contributed by atoms with E-state index >= 15 is 0 Å². The van der Waals surface area contributed by atoms with Gasteiger partial charge in [0.25, 0.3) is 0 Å². The number of guanidine groups is 1. The second-order valence-corrected chi connectivity index (χ2v) is 24.8. The van der Waals surface area contributed by atoms with Crippen molar-refractivity contribution in [2.45, 2.75) is 150 Å². The Morgan fingerprint density at radius 2 is 1.38 bits per heavy atom. The first kappa shape index (κ1) is 73.5. The number of aryl methyl sites for hydroxylation is 2. The highest BCUT2D eigenvalue weighted by atomic mass is 32.2. The number of nitrogens with two attached hydrogens (primary N) is 3. The van der Waals surface area contributed by atoms with E-state index in [4.69, 9.17) is 31.4 Å². The van der Waals surface area contributed by atoms with Crippen LogP contribution in [0.4, 0.5) is 4.79 Å². The minimum Gasteiger partial charge on any atom is -0.394 e. The molecule has 95 heavy (non-hydrogen) atoms. The number of aromatic nitrogens is 4. The van der Waals surface area contributed by atoms with Crippen molar-refractivity contribution in [1.29, 1.82) is 0 Å². The molecule has 33 heteroatoms. The highest BCUT2D eigenvalue weighted by molar-refractivity contribution is 8.00. The standard InChI is InChI=1S/C62H90N18O14S/c1-37-55(85)72-45(30-39-32-79(2)49-18-7-6-15-41(39)49)58(88)74-47(34-81)60(90)70-42(54(63)84)16-10-11-23-80-33-40(77-78-80)31-46(59(89)73-44(29-38-13-4-3-5-14-38)57(87)71-43(56(86)68-37)17-12-21-67-61(64)65)69-52(83)35-94-28-27-93-26-25-92-24-22-66-51(82)20-9-8-19-50-53-48(36-95-50)75-62(91)76-53/h3-7,13-15,18,32-33,37,42-48,50,53,81H,8-12,16-17,19-31,34-36H2,1-2H3,(H2,63,84)(H,66,82)(H,68,86)(H,69,83)(H,70,90)(H,71,87)(H,72,85)(H,73,89)(H,74,88)(H4,64,65,67)(H2,75,76,91)/t37-,42+,43-,44-,45+,46+,47-,48+,50?,53+/m1/s1. The van der Waals surface area contributed by atoms with Gasteiger partial charge in [-0.05, 0) is 69.1 Å². The number of hydrogen-bond acceptors (Lipinski definition) is 18. The third kappa shape index (κ3) is 23.8. The zero-order chi connectivity index (χ0) is 68.2. The molecule has 0 aliphatic carbocycles. The predicted octanol–water partition coefficient (Wildman–Crippen LogP) is -3.18. The summed E-state index contributed by atoms with van der Waals surface area (Å²) in [5.41, 5.74) is 19.2. The maximum Gasteiger partial charge on any atom is 0.315 e. The van der Waals surface area contributed by atoms with Crippen molar-refractivity contribution < 1.29 is 67.3 Å². The number of hydrogen-bond donors (Lipinski definition) is 14. The second-order valence-electron chi connectivity index (χ2n) is 23.5. The summed E-state index contributed by atoms with van der Waals surface area (Å²) in [6, 6.07) is 6.44. The molecular weight excluding hydrogens is 1250 g/mol. The van der Waals surface area contributed by atoms with E-state index in [-0.39, 0.29) is 120 Å². The van der Waals surface area contributed by atoms with Gasteiger partial charge in [0.05, 0.1) is 57.4 Å². The average molecular weight is 1340 g/mol. The quantitative estimate of drug-likeness (QED) is 0.0121. The lowest BCUT2D eigenvalue weighted by Crippen LogP contribution is -2.60. The Kier molecular flexibility index (Phi) is 29.3. The lowest BCUT2D eigenvalue weighted by molar-refractivity contribution is -0.136. The summed E-state index contributed by atoms with van der Waals surface area (Å²) < 4.78 is 20.1. The van der Waals surface area contributed by atoms with Crippen LogP contribution in [0.3, 0.4) is 0 Å². The molecule has 0 saturated carbocycles. The van der Waals surface area contributed by atoms with Crippen molar-refractivity contribution in [3.63, 3.8) is 0 Å². The molecule has 518 valence electrons. The smallest absolute Gasteiger partial charge is 0.315 e. The normalized spacial score (nSPS) is 23.5. The number of ether oxygens (including phenoxy) is 3. The first-order valence-electron chi connectivity index (χ1n) is 32.0. The number of nitrogens with one attached hydrogen (secondary N) is 10. The van der Waals surface area contributed by atoms with Crippen LogP contribution in [0.1, 0.15) is 81.5 Å². The number of thioether (sulfide) groups is 1. The number of amides is 11. The average Bonchev–Trinajstić information content (AvgIpc) is 1.69. The van der Waals surface area contributed by atoms with Gasteiger partial charge in [-0.25, -0.2) is 4.79 Å². The number of aliphatic hydroxyl groups excluding tert-OH is 1. The Morgan fingerprint density at radius 3 is 2.13 bits per heavy atom. The van der Waals surface area contributed by atoms with E-state index in [1.54, 1.807) is 55.8 Å². The monoisotopic (exact) mass is 1340 g/mol. The van der Waals surface area contributed by atoms with Gasteiger partial charge in [0.2, 0.25) is 53.2 Å². The Hall–Kier alpha value is -8.92. The summed E-state index contributed by atoms with van der Waals surface area (Å²) in [4.78, 5) is 140. The molecule has 7 rings (SSSR count). The van der Waals surface area contributed by atoms with Crippen LogP contribution >= 0.6 is 11.8 Å². The molecule has 0 spiro atoms. The van der Waals surface area contributed by atoms with Gasteiger partial charge < -0.3 is 94.3 Å². The van der Waals surface area contributed by atoms with E-state index in [0.29, 0.717) is 42.2 Å². The fraction of sp³-hybridized carbons (Fsp3) is 0.565. The van der Waals surface area contributed by atoms with E-state index in [0.717, 1.165) is 35.9 Å². The van der Waals surface area contributed by atoms with Crippen molar-refractivity contribution in [3.8, 4) is 0 Å². The number of fused-ring (bicyclic) bond motifs is 4. The van der Waals surface area contributed by atoms with Crippen LogP contribution < -0.4 is 70.4 Å². The van der Waals surface area contributed by atoms with Crippen LogP contribution in [-0.4, -0.2) is 215 Å². The third-order valence-corrected chi connectivity index (χ3v) is 17.7. The van der Waals surface area contributed by atoms with Gasteiger partial charge in [0.15, 0.2) is 5.96 Å². The van der Waals surface area contributed by atoms with E-state index < -0.39 is 103 Å². The first-order chi connectivity index (χ1) is 45.7. The third-order valence-electron chi connectivity index (χ3n) is 16.2. The number of aliphatic hydroxyl groups is 1. The fourth-order valence-corrected chi connectivity index (χ4v) is 12.7. The summed E-state index contributed by atoms with van der Waals surface area (Å²) in [5, 5.41) is 47.3. The van der Waals surface area contributed by atoms with Gasteiger partial charge in [-0.2, -0.15) is 11.8 Å². The van der Waals surface area contributed by atoms with E-state index in [2.05, 4.69) is 68.5 Å². The number of urea groups is 1. The number of unbranched alkanes of at least 4 members (excludes halogenated alkanes) is 1. The molecule has 4 aromatic rings. The summed E-state index contributed by atoms with van der Waals surface area (Å²) in [5.74, 6) is -6.15. The highest BCUT2D eigenvalue weighted by Gasteiger charge is 2.43. The molecular formula is C62H90N18O14S. The first-order valence-corrected chi connectivity index (χ1v) is 33.0. The van der Waals surface area contributed by atoms with Gasteiger partial charge in [-0.15, -0.1) is 5.10 Å². The molecule has 2 fully saturated rings. The van der Waals surface area contributed by atoms with Gasteiger partial charge in [0.1, 0.15) is 48.9 Å². The van der Waals surface area contributed by atoms with Gasteiger partial charge in [-0.3, -0.25) is 52.8 Å². The number of primary amides is 1. The summed E-state index contributed by atoms with van der Waals surface area (Å²) in [7, 11) is 1.80. The molecule has 32 nitrogen and oxygen atoms in total. The van der Waals surface area contributed by atoms with Crippen LogP contribution in [0.15, 0.2) is 72.0 Å². The number of rotatable bonds is 27. The molecule has 11 amide bonds. The molecule has 10 atom stereocenters. The topological polar surface area (TPSA) is 465 Å². The van der Waals surface area contributed by atoms with Crippen molar-refractivity contribution in [3.05, 3.63) is 83.8 Å². The Bertz CT molecular complexity index is 3280. The minimum atomic E-state index is -1.61. The van der Waals surface area contributed by atoms with Crippen molar-refractivity contribution in [1.82, 2.24) is 72.7 Å². The van der Waals surface area contributed by atoms with Crippen LogP contribution in [0.5, 0.6) is 0 Å². The number of nitrogens with zero attached hydrogens (tertiary/aromatic N) is 5. The number of carbonyl (C=O) groups is 10. The van der Waals surface area contributed by atoms with Crippen molar-refractivity contribution >= 4 is 87.8 Å². The molecule has 2 bridgehead atoms. The summed E-state index contributed by atoms with van der Waals surface area (Å²) in [6.07, 6.45) is 6.59. The molecule has 2 aromatic heterocycles. The maximum absolute atomic E-state index is 14.7. The molecule has 3 aliphatic heterocycles. The van der Waals surface area contributed by atoms with Gasteiger partial charge in [0, 0.05) is 86.7 Å². The molecule has 2 saturated heterocycles. The number of carbonyl (C=O) groups excluding carboxylic acids is 10. The van der Waals surface area contributed by atoms with Crippen molar-refractivity contribution in [2.24, 2.45) is 29.2 Å². The molecule has 17 N–H and O–H groups in total. The van der Waals surface area contributed by atoms with Crippen LogP contribution in [0.25, 0.3) is 10.9 Å². The molecule has 0 radical (unpaired) electrons. The summed E-state index contributed by atoms with van der Waals surface area (Å²) in [6.45, 7) is 1.33. The summed E-state index contributed by atoms with van der Waals surface area (Å²) >= 11 is 1.85. The van der Waals surface area contributed by atoms with Crippen molar-refractivity contribution in [2.75, 3.05) is 65.1 Å². The predicted molar refractivity (Wildman–Crippen MR) is 349 cm³/mol. The minimum absolute atomic E-state index is 0.0105. The Balaban J connectivity index is 1.01. The van der Waals surface area contributed by atoms with E-state index in [1.165, 1.54) is 11.6 Å². The zero-order valence-electron chi connectivity index (χ0n) is 53.5. The Labute approximate surface area is 553 Å². The number of benzene rings is 2. The zero-order valence-corrected chi connectivity index (χ0v) is 54.3. The van der Waals surface area contributed by atoms with E-state index in [1.807, 2.05) is 34.5 Å². The molecule has 2 aromatic carbocycles. The SMILES string of the molecule is C[C@H]1NC(=O)[C@@H](CCCN=C(N)N)NC(=O)[C@@H](Cc2ccccc2)NC(=O)[C@@H](NC(=O)COCCOCCOCCNC(=O)CCCCC2SC[C@@H]3NC(=O)N[C@H]23)Cc2cn(nn2)CCCC[C@@H](C(N)=O)NC(=O)[C@@H](CO)NC(=O)[C@H](Cc2cn(C)c3ccccc23)NC1=O. The lowest BCUT2D eigenvalue weighted by Gasteiger charge is -2.27. The van der Waals surface area contributed by atoms with Gasteiger partial charge >= 0.3 is 6.03 Å². The molecule has 1 unspecified atom stereocenters. The number of aliphatic imine (C=N–C) groups is 1. The van der Waals surface area contributed by atoms with Gasteiger partial charge in [-0.1, -0.05) is 60.2 Å². The second kappa shape index (κ2) is 37.8. The molecule has 5 heterocycles. The van der Waals surface area contributed by atoms with E-state index in [9.17, 15) is 53.1 Å².